The van der Waals surface area contributed by atoms with E-state index in [-0.39, 0.29) is 18.6 Å². The molecule has 0 spiro atoms. The van der Waals surface area contributed by atoms with Crippen LogP contribution in [0.15, 0.2) is 78.1 Å². The first kappa shape index (κ1) is 19.4. The number of nitrogens with zero attached hydrogens (tertiary/aromatic N) is 1. The summed E-state index contributed by atoms with van der Waals surface area (Å²) in [6.07, 6.45) is 4.11. The molecule has 0 aliphatic carbocycles. The van der Waals surface area contributed by atoms with E-state index in [1.165, 1.54) is 0 Å². The number of aliphatic imine (C=N–C) groups is 1. The number of anilines is 1. The van der Waals surface area contributed by atoms with Crippen molar-refractivity contribution in [3.05, 3.63) is 78.6 Å². The molecule has 1 atom stereocenters. The molecule has 1 aliphatic rings. The number of nitrogens with one attached hydrogen (secondary N) is 2. The van der Waals surface area contributed by atoms with E-state index >= 15 is 0 Å². The average Bonchev–Trinajstić information content (AvgIpc) is 2.70. The summed E-state index contributed by atoms with van der Waals surface area (Å²) in [5.74, 6) is 2.03. The molecule has 0 radical (unpaired) electrons. The Bertz CT molecular complexity index is 858. The van der Waals surface area contributed by atoms with Gasteiger partial charge in [0.15, 0.2) is 0 Å². The maximum absolute atomic E-state index is 11.4. The van der Waals surface area contributed by atoms with Gasteiger partial charge < -0.3 is 20.1 Å². The van der Waals surface area contributed by atoms with Gasteiger partial charge in [-0.3, -0.25) is 4.79 Å². The van der Waals surface area contributed by atoms with E-state index < -0.39 is 0 Å². The molecule has 3 rings (SSSR count). The molecule has 6 heteroatoms. The fraction of sp³-hybridized carbons (Fsp3) is 0.182. The lowest BCUT2D eigenvalue weighted by Crippen LogP contribution is -2.46. The molecule has 1 amide bonds. The number of hydrogen-bond donors (Lipinski definition) is 2. The number of rotatable bonds is 8. The van der Waals surface area contributed by atoms with Crippen LogP contribution in [0.25, 0.3) is 0 Å². The Hall–Kier alpha value is -3.38. The van der Waals surface area contributed by atoms with Crippen LogP contribution in [0, 0.1) is 0 Å². The molecule has 28 heavy (non-hydrogen) atoms. The lowest BCUT2D eigenvalue weighted by Gasteiger charge is -2.23. The van der Waals surface area contributed by atoms with E-state index in [2.05, 4.69) is 28.9 Å². The first-order chi connectivity index (χ1) is 13.7. The minimum Gasteiger partial charge on any atom is -0.457 e. The normalized spacial score (nSPS) is 16.8. The second-order valence-electron chi connectivity index (χ2n) is 6.32. The van der Waals surface area contributed by atoms with Crippen LogP contribution in [0.2, 0.25) is 0 Å². The largest absolute Gasteiger partial charge is 0.457 e. The zero-order chi connectivity index (χ0) is 19.8. The second-order valence-corrected chi connectivity index (χ2v) is 6.32. The number of carbonyl (C=O) groups excluding carboxylic acids is 1. The lowest BCUT2D eigenvalue weighted by atomic mass is 10.1. The molecule has 0 saturated carbocycles. The standard InChI is InChI=1S/C22H23N3O3/c1-3-4-21(23-2)24-17-7-11-20(12-8-17)28-19-9-5-16(6-10-19)13-18-14-27-15-22(26)25-18/h3-12,18,24H,1-2,13-15H2,(H,25,26)/b21-4+. The predicted molar refractivity (Wildman–Crippen MR) is 111 cm³/mol. The van der Waals surface area contributed by atoms with Crippen molar-refractivity contribution in [2.45, 2.75) is 12.5 Å². The van der Waals surface area contributed by atoms with Crippen LogP contribution in [0.4, 0.5) is 5.69 Å². The fourth-order valence-corrected chi connectivity index (χ4v) is 2.83. The third kappa shape index (κ3) is 5.56. The molecule has 2 aromatic rings. The Morgan fingerprint density at radius 3 is 2.50 bits per heavy atom. The van der Waals surface area contributed by atoms with Crippen molar-refractivity contribution in [2.24, 2.45) is 4.99 Å². The van der Waals surface area contributed by atoms with Crippen molar-refractivity contribution in [3.63, 3.8) is 0 Å². The van der Waals surface area contributed by atoms with Crippen molar-refractivity contribution in [1.29, 1.82) is 0 Å². The molecule has 0 bridgehead atoms. The number of ether oxygens (including phenoxy) is 2. The van der Waals surface area contributed by atoms with Crippen LogP contribution in [0.3, 0.4) is 0 Å². The van der Waals surface area contributed by atoms with E-state index in [1.54, 1.807) is 12.2 Å². The molecule has 1 heterocycles. The molecule has 6 nitrogen and oxygen atoms in total. The highest BCUT2D eigenvalue weighted by atomic mass is 16.5. The number of morpholine rings is 1. The summed E-state index contributed by atoms with van der Waals surface area (Å²) in [5, 5.41) is 6.06. The maximum Gasteiger partial charge on any atom is 0.246 e. The number of hydrogen-bond acceptors (Lipinski definition) is 5. The Morgan fingerprint density at radius 2 is 1.89 bits per heavy atom. The number of carbonyl (C=O) groups is 1. The van der Waals surface area contributed by atoms with Crippen LogP contribution in [0.5, 0.6) is 11.5 Å². The zero-order valence-corrected chi connectivity index (χ0v) is 15.6. The molecule has 1 saturated heterocycles. The van der Waals surface area contributed by atoms with Crippen molar-refractivity contribution in [3.8, 4) is 11.5 Å². The second kappa shape index (κ2) is 9.53. The molecule has 1 aliphatic heterocycles. The van der Waals surface area contributed by atoms with Gasteiger partial charge in [0.05, 0.1) is 12.6 Å². The summed E-state index contributed by atoms with van der Waals surface area (Å²) in [5.41, 5.74) is 1.99. The Labute approximate surface area is 164 Å². The fourth-order valence-electron chi connectivity index (χ4n) is 2.83. The number of amides is 1. The highest BCUT2D eigenvalue weighted by Gasteiger charge is 2.18. The zero-order valence-electron chi connectivity index (χ0n) is 15.6. The van der Waals surface area contributed by atoms with E-state index in [0.29, 0.717) is 12.4 Å². The maximum atomic E-state index is 11.4. The molecule has 0 aromatic heterocycles. The van der Waals surface area contributed by atoms with Gasteiger partial charge in [0, 0.05) is 5.69 Å². The highest BCUT2D eigenvalue weighted by Crippen LogP contribution is 2.24. The SMILES string of the molecule is C=C/C=C(\N=C)Nc1ccc(Oc2ccc(CC3COCC(=O)N3)cc2)cc1. The molecule has 2 aromatic carbocycles. The van der Waals surface area contributed by atoms with E-state index in [1.807, 2.05) is 48.5 Å². The van der Waals surface area contributed by atoms with Gasteiger partial charge in [0.1, 0.15) is 23.9 Å². The van der Waals surface area contributed by atoms with Crippen molar-refractivity contribution in [1.82, 2.24) is 5.32 Å². The molecule has 1 fully saturated rings. The first-order valence-corrected chi connectivity index (χ1v) is 8.96. The van der Waals surface area contributed by atoms with E-state index in [0.717, 1.165) is 29.2 Å². The van der Waals surface area contributed by atoms with Crippen molar-refractivity contribution < 1.29 is 14.3 Å². The summed E-state index contributed by atoms with van der Waals surface area (Å²) in [7, 11) is 0. The van der Waals surface area contributed by atoms with Gasteiger partial charge in [0.25, 0.3) is 0 Å². The molecule has 2 N–H and O–H groups in total. The van der Waals surface area contributed by atoms with Crippen LogP contribution < -0.4 is 15.4 Å². The van der Waals surface area contributed by atoms with E-state index in [9.17, 15) is 4.79 Å². The third-order valence-corrected chi connectivity index (χ3v) is 4.13. The third-order valence-electron chi connectivity index (χ3n) is 4.13. The van der Waals surface area contributed by atoms with Crippen LogP contribution in [-0.2, 0) is 16.0 Å². The van der Waals surface area contributed by atoms with Crippen molar-refractivity contribution in [2.75, 3.05) is 18.5 Å². The summed E-state index contributed by atoms with van der Waals surface area (Å²) in [6, 6.07) is 15.4. The van der Waals surface area contributed by atoms with Gasteiger partial charge in [-0.05, 0) is 61.2 Å². The molecular formula is C22H23N3O3. The van der Waals surface area contributed by atoms with Gasteiger partial charge >= 0.3 is 0 Å². The Balaban J connectivity index is 1.56. The Morgan fingerprint density at radius 1 is 1.21 bits per heavy atom. The summed E-state index contributed by atoms with van der Waals surface area (Å²) in [6.45, 7) is 7.84. The highest BCUT2D eigenvalue weighted by molar-refractivity contribution is 5.78. The van der Waals surface area contributed by atoms with Gasteiger partial charge in [-0.1, -0.05) is 24.8 Å². The van der Waals surface area contributed by atoms with Crippen LogP contribution in [0.1, 0.15) is 5.56 Å². The lowest BCUT2D eigenvalue weighted by molar-refractivity contribution is -0.131. The number of allylic oxidation sites excluding steroid dienone is 2. The van der Waals surface area contributed by atoms with E-state index in [4.69, 9.17) is 9.47 Å². The monoisotopic (exact) mass is 377 g/mol. The topological polar surface area (TPSA) is 72.0 Å². The van der Waals surface area contributed by atoms with Crippen LogP contribution in [-0.4, -0.2) is 31.9 Å². The average molecular weight is 377 g/mol. The molecular weight excluding hydrogens is 354 g/mol. The van der Waals surface area contributed by atoms with Gasteiger partial charge in [0.2, 0.25) is 5.91 Å². The first-order valence-electron chi connectivity index (χ1n) is 8.96. The summed E-state index contributed by atoms with van der Waals surface area (Å²) in [4.78, 5) is 15.3. The number of benzene rings is 2. The summed E-state index contributed by atoms with van der Waals surface area (Å²) >= 11 is 0. The van der Waals surface area contributed by atoms with Gasteiger partial charge in [-0.25, -0.2) is 4.99 Å². The minimum atomic E-state index is -0.0647. The quantitative estimate of drug-likeness (QED) is 0.544. The minimum absolute atomic E-state index is 0.0122. The summed E-state index contributed by atoms with van der Waals surface area (Å²) < 4.78 is 11.1. The van der Waals surface area contributed by atoms with Gasteiger partial charge in [-0.2, -0.15) is 0 Å². The Kier molecular flexibility index (Phi) is 6.59. The smallest absolute Gasteiger partial charge is 0.246 e. The van der Waals surface area contributed by atoms with Gasteiger partial charge in [-0.15, -0.1) is 0 Å². The molecule has 1 unspecified atom stereocenters. The predicted octanol–water partition coefficient (Wildman–Crippen LogP) is 3.68. The van der Waals surface area contributed by atoms with Crippen molar-refractivity contribution >= 4 is 18.3 Å². The van der Waals surface area contributed by atoms with Crippen LogP contribution >= 0.6 is 0 Å². The molecule has 144 valence electrons.